The molecule has 1 aromatic carbocycles. The Balaban J connectivity index is 2.13. The van der Waals surface area contributed by atoms with E-state index in [2.05, 4.69) is 16.0 Å². The smallest absolute Gasteiger partial charge is 0.326 e. The van der Waals surface area contributed by atoms with E-state index in [1.807, 2.05) is 0 Å². The van der Waals surface area contributed by atoms with Crippen LogP contribution in [0, 0.1) is 5.82 Å². The maximum atomic E-state index is 12.8. The lowest BCUT2D eigenvalue weighted by molar-refractivity contribution is -0.140. The second kappa shape index (κ2) is 12.3. The van der Waals surface area contributed by atoms with Crippen LogP contribution in [0.2, 0.25) is 0 Å². The summed E-state index contributed by atoms with van der Waals surface area (Å²) >= 11 is 0. The van der Waals surface area contributed by atoms with Crippen molar-refractivity contribution in [3.63, 3.8) is 0 Å². The van der Waals surface area contributed by atoms with E-state index in [0.29, 0.717) is 37.9 Å². The predicted molar refractivity (Wildman–Crippen MR) is 97.4 cm³/mol. The van der Waals surface area contributed by atoms with Gasteiger partial charge in [-0.15, -0.1) is 0 Å². The molecule has 3 amide bonds. The second-order valence-electron chi connectivity index (χ2n) is 6.05. The van der Waals surface area contributed by atoms with Crippen molar-refractivity contribution in [1.29, 1.82) is 0 Å². The Bertz CT molecular complexity index is 680. The van der Waals surface area contributed by atoms with Gasteiger partial charge in [0.2, 0.25) is 0 Å². The highest BCUT2D eigenvalue weighted by molar-refractivity contribution is 5.94. The molecule has 0 aliphatic carbocycles. The fourth-order valence-corrected chi connectivity index (χ4v) is 2.27. The molecular weight excluding hydrogens is 372 g/mol. The molecule has 9 nitrogen and oxygen atoms in total. The van der Waals surface area contributed by atoms with Gasteiger partial charge in [-0.25, -0.2) is 14.0 Å². The van der Waals surface area contributed by atoms with E-state index in [1.165, 1.54) is 24.3 Å². The Hall–Kier alpha value is -3.17. The summed E-state index contributed by atoms with van der Waals surface area (Å²) in [6.45, 7) is 0.738. The third-order valence-corrected chi connectivity index (χ3v) is 3.78. The molecule has 0 unspecified atom stereocenters. The van der Waals surface area contributed by atoms with Crippen LogP contribution < -0.4 is 16.0 Å². The third kappa shape index (κ3) is 9.51. The molecule has 0 spiro atoms. The average Bonchev–Trinajstić information content (AvgIpc) is 2.64. The zero-order chi connectivity index (χ0) is 20.9. The van der Waals surface area contributed by atoms with E-state index in [1.54, 1.807) is 0 Å². The highest BCUT2D eigenvalue weighted by atomic mass is 18.2. The summed E-state index contributed by atoms with van der Waals surface area (Å²) in [5.74, 6) is -3.14. The summed E-state index contributed by atoms with van der Waals surface area (Å²) in [4.78, 5) is 44.9. The van der Waals surface area contributed by atoms with Crippen molar-refractivity contribution in [2.24, 2.45) is 0 Å². The van der Waals surface area contributed by atoms with Gasteiger partial charge in [-0.1, -0.05) is 0 Å². The first-order chi connectivity index (χ1) is 13.3. The maximum Gasteiger partial charge on any atom is 0.326 e. The van der Waals surface area contributed by atoms with Crippen molar-refractivity contribution >= 4 is 23.9 Å². The number of urea groups is 1. The lowest BCUT2D eigenvalue weighted by Crippen LogP contribution is -2.46. The van der Waals surface area contributed by atoms with Gasteiger partial charge in [0, 0.05) is 25.1 Å². The lowest BCUT2D eigenvalue weighted by Gasteiger charge is -2.14. The molecule has 1 rings (SSSR count). The van der Waals surface area contributed by atoms with Crippen LogP contribution in [0.15, 0.2) is 24.3 Å². The van der Waals surface area contributed by atoms with E-state index in [-0.39, 0.29) is 18.7 Å². The van der Waals surface area contributed by atoms with Crippen LogP contribution in [0.1, 0.15) is 42.5 Å². The molecule has 0 aliphatic rings. The molecule has 28 heavy (non-hydrogen) atoms. The molecule has 0 bridgehead atoms. The maximum absolute atomic E-state index is 12.8. The summed E-state index contributed by atoms with van der Waals surface area (Å²) in [7, 11) is 0. The van der Waals surface area contributed by atoms with Crippen LogP contribution >= 0.6 is 0 Å². The monoisotopic (exact) mass is 396 g/mol. The first-order valence-corrected chi connectivity index (χ1v) is 8.82. The predicted octanol–water partition coefficient (Wildman–Crippen LogP) is 1.34. The zero-order valence-electron chi connectivity index (χ0n) is 15.2. The molecule has 0 heterocycles. The van der Waals surface area contributed by atoms with Crippen molar-refractivity contribution in [3.05, 3.63) is 35.6 Å². The summed E-state index contributed by atoms with van der Waals surface area (Å²) in [6.07, 6.45) is 1.44. The number of hydrogen-bond donors (Lipinski definition) is 5. The highest BCUT2D eigenvalue weighted by Gasteiger charge is 2.20. The molecule has 0 aliphatic heterocycles. The summed E-state index contributed by atoms with van der Waals surface area (Å²) in [5, 5.41) is 24.9. The quantitative estimate of drug-likeness (QED) is 0.337. The number of carbonyl (C=O) groups is 4. The van der Waals surface area contributed by atoms with E-state index >= 15 is 0 Å². The third-order valence-electron chi connectivity index (χ3n) is 3.78. The second-order valence-corrected chi connectivity index (χ2v) is 6.05. The number of carbonyl (C=O) groups excluding carboxylic acids is 2. The van der Waals surface area contributed by atoms with Crippen molar-refractivity contribution in [2.75, 3.05) is 13.1 Å². The number of nitrogens with one attached hydrogen (secondary N) is 3. The van der Waals surface area contributed by atoms with E-state index in [0.717, 1.165) is 0 Å². The number of halogens is 1. The molecule has 154 valence electrons. The van der Waals surface area contributed by atoms with E-state index < -0.39 is 29.8 Å². The number of benzene rings is 1. The van der Waals surface area contributed by atoms with Gasteiger partial charge >= 0.3 is 18.0 Å². The number of amides is 3. The van der Waals surface area contributed by atoms with Crippen molar-refractivity contribution < 1.29 is 33.8 Å². The van der Waals surface area contributed by atoms with Crippen molar-refractivity contribution in [3.8, 4) is 0 Å². The molecule has 0 saturated heterocycles. The van der Waals surface area contributed by atoms with Gasteiger partial charge in [0.25, 0.3) is 5.91 Å². The number of carboxylic acid groups (broad SMARTS) is 2. The topological polar surface area (TPSA) is 145 Å². The normalized spacial score (nSPS) is 11.3. The molecule has 1 atom stereocenters. The molecule has 5 N–H and O–H groups in total. The van der Waals surface area contributed by atoms with Crippen molar-refractivity contribution in [2.45, 2.75) is 38.1 Å². The largest absolute Gasteiger partial charge is 0.481 e. The number of unbranched alkanes of at least 4 members (excludes halogenated alkanes) is 2. The first kappa shape index (κ1) is 22.9. The standard InChI is InChI=1S/C18H24FN3O6/c19-13-6-4-12(5-7-13)16(25)20-10-2-1-3-11-21-18(28)22-14(17(26)27)8-9-15(23)24/h4-7,14H,1-3,8-11H2,(H,20,25)(H,23,24)(H,26,27)(H2,21,22,28)/t14-/m0/s1/i19-1. The van der Waals surface area contributed by atoms with Gasteiger partial charge in [-0.2, -0.15) is 0 Å². The van der Waals surface area contributed by atoms with Crippen LogP contribution in [0.4, 0.5) is 9.18 Å². The first-order valence-electron chi connectivity index (χ1n) is 8.82. The summed E-state index contributed by atoms with van der Waals surface area (Å²) in [5.41, 5.74) is 0.371. The minimum absolute atomic E-state index is 0.203. The average molecular weight is 396 g/mol. The van der Waals surface area contributed by atoms with Crippen LogP contribution in [0.5, 0.6) is 0 Å². The van der Waals surface area contributed by atoms with Gasteiger partial charge in [0.15, 0.2) is 0 Å². The molecular formula is C18H24FN3O6. The fourth-order valence-electron chi connectivity index (χ4n) is 2.27. The molecule has 0 aromatic heterocycles. The van der Waals surface area contributed by atoms with Crippen LogP contribution in [-0.2, 0) is 9.59 Å². The van der Waals surface area contributed by atoms with E-state index in [4.69, 9.17) is 10.2 Å². The summed E-state index contributed by atoms with van der Waals surface area (Å²) in [6, 6.07) is 3.27. The van der Waals surface area contributed by atoms with E-state index in [9.17, 15) is 23.6 Å². The zero-order valence-corrected chi connectivity index (χ0v) is 15.2. The van der Waals surface area contributed by atoms with Crippen LogP contribution in [0.25, 0.3) is 0 Å². The minimum Gasteiger partial charge on any atom is -0.481 e. The molecule has 1 aromatic rings. The lowest BCUT2D eigenvalue weighted by atomic mass is 10.1. The Labute approximate surface area is 161 Å². The highest BCUT2D eigenvalue weighted by Crippen LogP contribution is 2.03. The number of carboxylic acids is 2. The van der Waals surface area contributed by atoms with Gasteiger partial charge in [0.05, 0.1) is 0 Å². The fraction of sp³-hybridized carbons (Fsp3) is 0.444. The van der Waals surface area contributed by atoms with Crippen LogP contribution in [-0.4, -0.2) is 53.2 Å². The minimum atomic E-state index is -1.30. The number of aliphatic carboxylic acids is 2. The molecule has 0 saturated carbocycles. The van der Waals surface area contributed by atoms with Gasteiger partial charge in [-0.3, -0.25) is 9.59 Å². The number of hydrogen-bond acceptors (Lipinski definition) is 4. The molecule has 0 fully saturated rings. The van der Waals surface area contributed by atoms with Crippen molar-refractivity contribution in [1.82, 2.24) is 16.0 Å². The Morgan fingerprint density at radius 2 is 1.54 bits per heavy atom. The van der Waals surface area contributed by atoms with Gasteiger partial charge < -0.3 is 26.2 Å². The summed E-state index contributed by atoms with van der Waals surface area (Å²) < 4.78 is 12.8. The Morgan fingerprint density at radius 1 is 0.929 bits per heavy atom. The van der Waals surface area contributed by atoms with Gasteiger partial charge in [0.1, 0.15) is 11.9 Å². The molecule has 10 heteroatoms. The SMILES string of the molecule is O=C(O)CC[C@H](NC(=O)NCCCCCNC(=O)c1ccc([18F])cc1)C(=O)O. The number of rotatable bonds is 12. The molecule has 0 radical (unpaired) electrons. The Kier molecular flexibility index (Phi) is 10.0. The van der Waals surface area contributed by atoms with Gasteiger partial charge in [-0.05, 0) is 49.9 Å². The Morgan fingerprint density at radius 3 is 2.11 bits per heavy atom. The van der Waals surface area contributed by atoms with Crippen LogP contribution in [0.3, 0.4) is 0 Å².